The lowest BCUT2D eigenvalue weighted by atomic mass is 9.94. The molecular formula is C23H36ClN3O2. The minimum Gasteiger partial charge on any atom is -0.489 e. The Kier molecular flexibility index (Phi) is 7.13. The first-order valence-corrected chi connectivity index (χ1v) is 11.2. The molecule has 1 aromatic rings. The summed E-state index contributed by atoms with van der Waals surface area (Å²) in [5.74, 6) is 0.734. The van der Waals surface area contributed by atoms with E-state index in [9.17, 15) is 4.79 Å². The summed E-state index contributed by atoms with van der Waals surface area (Å²) in [5, 5.41) is 0.523. The Morgan fingerprint density at radius 1 is 1.17 bits per heavy atom. The van der Waals surface area contributed by atoms with Gasteiger partial charge in [0, 0.05) is 50.9 Å². The number of amides is 1. The highest BCUT2D eigenvalue weighted by atomic mass is 35.5. The van der Waals surface area contributed by atoms with Crippen molar-refractivity contribution < 1.29 is 9.53 Å². The fourth-order valence-electron chi connectivity index (χ4n) is 4.18. The number of carbonyl (C=O) groups is 1. The monoisotopic (exact) mass is 421 g/mol. The smallest absolute Gasteiger partial charge is 0.254 e. The molecule has 2 fully saturated rings. The summed E-state index contributed by atoms with van der Waals surface area (Å²) < 4.78 is 6.19. The van der Waals surface area contributed by atoms with Crippen LogP contribution in [0.4, 0.5) is 0 Å². The lowest BCUT2D eigenvalue weighted by Gasteiger charge is -2.37. The van der Waals surface area contributed by atoms with E-state index < -0.39 is 0 Å². The molecule has 1 aromatic carbocycles. The van der Waals surface area contributed by atoms with Gasteiger partial charge >= 0.3 is 0 Å². The lowest BCUT2D eigenvalue weighted by molar-refractivity contribution is 0.0572. The van der Waals surface area contributed by atoms with Gasteiger partial charge in [-0.05, 0) is 50.4 Å². The van der Waals surface area contributed by atoms with Crippen LogP contribution in [0.3, 0.4) is 0 Å². The second-order valence-electron chi connectivity index (χ2n) is 9.88. The maximum atomic E-state index is 12.9. The highest BCUT2D eigenvalue weighted by Crippen LogP contribution is 2.29. The van der Waals surface area contributed by atoms with E-state index >= 15 is 0 Å². The third kappa shape index (κ3) is 6.09. The average Bonchev–Trinajstić information content (AvgIpc) is 2.65. The van der Waals surface area contributed by atoms with E-state index in [4.69, 9.17) is 16.3 Å². The lowest BCUT2D eigenvalue weighted by Crippen LogP contribution is -2.52. The fourth-order valence-corrected chi connectivity index (χ4v) is 4.41. The third-order valence-corrected chi connectivity index (χ3v) is 6.25. The molecule has 0 N–H and O–H groups in total. The van der Waals surface area contributed by atoms with Gasteiger partial charge in [-0.2, -0.15) is 0 Å². The number of likely N-dealkylation sites (N-methyl/N-ethyl adjacent to an activating group) is 1. The van der Waals surface area contributed by atoms with Crippen molar-refractivity contribution in [3.8, 4) is 5.75 Å². The first-order valence-electron chi connectivity index (χ1n) is 10.8. The number of halogens is 1. The Bertz CT molecular complexity index is 711. The van der Waals surface area contributed by atoms with Crippen molar-refractivity contribution in [3.63, 3.8) is 0 Å². The summed E-state index contributed by atoms with van der Waals surface area (Å²) in [4.78, 5) is 19.6. The number of hydrogen-bond acceptors (Lipinski definition) is 4. The zero-order valence-electron chi connectivity index (χ0n) is 18.6. The summed E-state index contributed by atoms with van der Waals surface area (Å²) >= 11 is 6.48. The van der Waals surface area contributed by atoms with Crippen LogP contribution in [0.15, 0.2) is 18.2 Å². The molecule has 1 amide bonds. The van der Waals surface area contributed by atoms with Crippen molar-refractivity contribution in [2.45, 2.75) is 52.7 Å². The van der Waals surface area contributed by atoms with E-state index in [2.05, 4.69) is 44.5 Å². The maximum Gasteiger partial charge on any atom is 0.254 e. The first-order chi connectivity index (χ1) is 13.6. The molecule has 0 saturated carbocycles. The van der Waals surface area contributed by atoms with Gasteiger partial charge in [-0.25, -0.2) is 0 Å². The number of ether oxygens (including phenoxy) is 1. The van der Waals surface area contributed by atoms with Crippen molar-refractivity contribution in [1.82, 2.24) is 14.7 Å². The molecule has 2 heterocycles. The number of likely N-dealkylation sites (tertiary alicyclic amines) is 1. The molecule has 0 spiro atoms. The van der Waals surface area contributed by atoms with E-state index in [0.29, 0.717) is 27.8 Å². The zero-order chi connectivity index (χ0) is 21.2. The molecule has 0 aliphatic carbocycles. The van der Waals surface area contributed by atoms with Crippen molar-refractivity contribution in [2.24, 2.45) is 5.41 Å². The van der Waals surface area contributed by atoms with Gasteiger partial charge < -0.3 is 19.4 Å². The third-order valence-electron chi connectivity index (χ3n) is 5.95. The van der Waals surface area contributed by atoms with Crippen LogP contribution in [0, 0.1) is 5.41 Å². The Hall–Kier alpha value is -1.30. The van der Waals surface area contributed by atoms with Crippen LogP contribution in [0.5, 0.6) is 5.75 Å². The van der Waals surface area contributed by atoms with Crippen LogP contribution in [-0.4, -0.2) is 79.1 Å². The zero-order valence-corrected chi connectivity index (χ0v) is 19.3. The van der Waals surface area contributed by atoms with Gasteiger partial charge in [-0.3, -0.25) is 4.79 Å². The SMILES string of the molecule is C[C@@H]1CN(C(=O)c2ccc(OC3CCN(CC(C)(C)C)CC3)c(Cl)c2)CCN1C. The normalized spacial score (nSPS) is 22.7. The van der Waals surface area contributed by atoms with Crippen molar-refractivity contribution >= 4 is 17.5 Å². The molecule has 5 nitrogen and oxygen atoms in total. The summed E-state index contributed by atoms with van der Waals surface area (Å²) in [6.07, 6.45) is 2.20. The van der Waals surface area contributed by atoms with Gasteiger partial charge in [0.2, 0.25) is 0 Å². The Labute approximate surface area is 180 Å². The van der Waals surface area contributed by atoms with Crippen molar-refractivity contribution in [1.29, 1.82) is 0 Å². The van der Waals surface area contributed by atoms with Gasteiger partial charge in [0.05, 0.1) is 5.02 Å². The molecule has 29 heavy (non-hydrogen) atoms. The van der Waals surface area contributed by atoms with E-state index in [1.54, 1.807) is 6.07 Å². The minimum atomic E-state index is 0.0499. The molecule has 162 valence electrons. The number of carbonyl (C=O) groups excluding carboxylic acids is 1. The van der Waals surface area contributed by atoms with Crippen LogP contribution < -0.4 is 4.74 Å². The molecule has 1 atom stereocenters. The Morgan fingerprint density at radius 3 is 2.45 bits per heavy atom. The van der Waals surface area contributed by atoms with Crippen molar-refractivity contribution in [2.75, 3.05) is 46.3 Å². The Balaban J connectivity index is 1.56. The van der Waals surface area contributed by atoms with E-state index in [-0.39, 0.29) is 12.0 Å². The number of benzene rings is 1. The predicted octanol–water partition coefficient (Wildman–Crippen LogP) is 4.01. The Morgan fingerprint density at radius 2 is 1.86 bits per heavy atom. The van der Waals surface area contributed by atoms with Crippen LogP contribution in [0.1, 0.15) is 50.9 Å². The minimum absolute atomic E-state index is 0.0499. The second-order valence-corrected chi connectivity index (χ2v) is 10.3. The number of nitrogens with zero attached hydrogens (tertiary/aromatic N) is 3. The van der Waals surface area contributed by atoms with Gasteiger partial charge in [0.1, 0.15) is 11.9 Å². The topological polar surface area (TPSA) is 36.0 Å². The summed E-state index contributed by atoms with van der Waals surface area (Å²) in [6.45, 7) is 14.6. The molecule has 6 heteroatoms. The van der Waals surface area contributed by atoms with E-state index in [1.807, 2.05) is 17.0 Å². The molecule has 0 unspecified atom stereocenters. The van der Waals surface area contributed by atoms with Gasteiger partial charge in [0.15, 0.2) is 0 Å². The van der Waals surface area contributed by atoms with Gasteiger partial charge in [0.25, 0.3) is 5.91 Å². The number of rotatable bonds is 4. The molecule has 3 rings (SSSR count). The second kappa shape index (κ2) is 9.23. The summed E-state index contributed by atoms with van der Waals surface area (Å²) in [5.41, 5.74) is 0.958. The quantitative estimate of drug-likeness (QED) is 0.736. The first kappa shape index (κ1) is 22.4. The highest BCUT2D eigenvalue weighted by Gasteiger charge is 2.27. The van der Waals surface area contributed by atoms with E-state index in [1.165, 1.54) is 0 Å². The largest absolute Gasteiger partial charge is 0.489 e. The average molecular weight is 422 g/mol. The standard InChI is InChI=1S/C23H36ClN3O2/c1-17-15-27(13-12-25(17)5)22(28)18-6-7-21(20(24)14-18)29-19-8-10-26(11-9-19)16-23(2,3)4/h6-7,14,17,19H,8-13,15-16H2,1-5H3/t17-/m1/s1. The van der Waals surface area contributed by atoms with Crippen LogP contribution in [0.25, 0.3) is 0 Å². The highest BCUT2D eigenvalue weighted by molar-refractivity contribution is 6.32. The number of piperazine rings is 1. The van der Waals surface area contributed by atoms with Crippen LogP contribution >= 0.6 is 11.6 Å². The fraction of sp³-hybridized carbons (Fsp3) is 0.696. The molecular weight excluding hydrogens is 386 g/mol. The molecule has 2 saturated heterocycles. The van der Waals surface area contributed by atoms with Gasteiger partial charge in [-0.15, -0.1) is 0 Å². The molecule has 2 aliphatic rings. The molecule has 0 aromatic heterocycles. The molecule has 2 aliphatic heterocycles. The van der Waals surface area contributed by atoms with Gasteiger partial charge in [-0.1, -0.05) is 32.4 Å². The maximum absolute atomic E-state index is 12.9. The van der Waals surface area contributed by atoms with Crippen LogP contribution in [0.2, 0.25) is 5.02 Å². The molecule has 0 radical (unpaired) electrons. The van der Waals surface area contributed by atoms with E-state index in [0.717, 1.165) is 52.1 Å². The predicted molar refractivity (Wildman–Crippen MR) is 119 cm³/mol. The van der Waals surface area contributed by atoms with Crippen LogP contribution in [-0.2, 0) is 0 Å². The number of piperidine rings is 1. The van der Waals surface area contributed by atoms with Crippen molar-refractivity contribution in [3.05, 3.63) is 28.8 Å². The molecule has 0 bridgehead atoms. The summed E-state index contributed by atoms with van der Waals surface area (Å²) in [7, 11) is 2.10. The number of hydrogen-bond donors (Lipinski definition) is 0. The summed E-state index contributed by atoms with van der Waals surface area (Å²) in [6, 6.07) is 5.84.